The van der Waals surface area contributed by atoms with E-state index in [4.69, 9.17) is 18.1 Å². The first-order chi connectivity index (χ1) is 28.3. The van der Waals surface area contributed by atoms with Crippen molar-refractivity contribution in [3.8, 4) is 33.4 Å². The summed E-state index contributed by atoms with van der Waals surface area (Å²) in [5.41, 5.74) is 3.98. The molecule has 0 aliphatic heterocycles. The Balaban J connectivity index is 1.29. The molecule has 0 saturated heterocycles. The van der Waals surface area contributed by atoms with Crippen LogP contribution in [0.1, 0.15) is 16.4 Å². The van der Waals surface area contributed by atoms with Crippen LogP contribution in [0, 0.1) is 0 Å². The maximum atomic E-state index is 9.42. The van der Waals surface area contributed by atoms with Gasteiger partial charge in [0.05, 0.1) is 16.4 Å². The Labute approximate surface area is 288 Å². The third-order valence-corrected chi connectivity index (χ3v) is 8.97. The van der Waals surface area contributed by atoms with Crippen LogP contribution in [0.2, 0.25) is 0 Å². The van der Waals surface area contributed by atoms with E-state index in [2.05, 4.69) is 0 Å². The van der Waals surface area contributed by atoms with Crippen LogP contribution in [-0.4, -0.2) is 0 Å². The summed E-state index contributed by atoms with van der Waals surface area (Å²) in [5.74, 6) is 0. The number of furan rings is 1. The smallest absolute Gasteiger partial charge is 0.143 e. The van der Waals surface area contributed by atoms with Crippen LogP contribution in [0.5, 0.6) is 0 Å². The highest BCUT2D eigenvalue weighted by molar-refractivity contribution is 6.24. The fourth-order valence-corrected chi connectivity index (χ4v) is 6.96. The van der Waals surface area contributed by atoms with Crippen molar-refractivity contribution in [1.29, 1.82) is 0 Å². The molecule has 0 spiro atoms. The van der Waals surface area contributed by atoms with Crippen LogP contribution < -0.4 is 0 Å². The van der Waals surface area contributed by atoms with Gasteiger partial charge in [-0.05, 0) is 95.3 Å². The van der Waals surface area contributed by atoms with E-state index in [9.17, 15) is 2.74 Å². The monoisotopic (exact) mass is 608 g/mol. The van der Waals surface area contributed by atoms with Crippen molar-refractivity contribution in [3.05, 3.63) is 170 Å². The highest BCUT2D eigenvalue weighted by Gasteiger charge is 2.19. The second-order valence-electron chi connectivity index (χ2n) is 11.5. The lowest BCUT2D eigenvalue weighted by Gasteiger charge is -2.18. The van der Waals surface area contributed by atoms with Gasteiger partial charge in [0.2, 0.25) is 0 Å². The summed E-state index contributed by atoms with van der Waals surface area (Å²) in [6, 6.07) is 25.5. The van der Waals surface area contributed by atoms with Crippen LogP contribution >= 0.6 is 0 Å². The maximum absolute atomic E-state index is 9.42. The van der Waals surface area contributed by atoms with E-state index in [1.54, 1.807) is 0 Å². The van der Waals surface area contributed by atoms with E-state index in [0.29, 0.717) is 43.8 Å². The number of fused-ring (bicyclic) bond motifs is 8. The molecule has 0 aliphatic carbocycles. The minimum atomic E-state index is -0.524. The summed E-state index contributed by atoms with van der Waals surface area (Å²) >= 11 is 0. The number of rotatable bonds is 3. The Morgan fingerprint density at radius 1 is 0.404 bits per heavy atom. The molecule has 10 aromatic rings. The Bertz CT molecular complexity index is 3450. The van der Waals surface area contributed by atoms with Gasteiger partial charge in [-0.1, -0.05) is 145 Å². The molecule has 218 valence electrons. The van der Waals surface area contributed by atoms with Crippen LogP contribution in [0.25, 0.3) is 98.4 Å². The molecule has 0 unspecified atom stereocenters. The number of hydrogen-bond acceptors (Lipinski definition) is 1. The average molecular weight is 609 g/mol. The first-order valence-corrected chi connectivity index (χ1v) is 15.2. The third-order valence-electron chi connectivity index (χ3n) is 8.97. The second-order valence-corrected chi connectivity index (χ2v) is 11.5. The van der Waals surface area contributed by atoms with Crippen molar-refractivity contribution in [2.45, 2.75) is 0 Å². The highest BCUT2D eigenvalue weighted by atomic mass is 16.3. The first-order valence-electron chi connectivity index (χ1n) is 21.2. The van der Waals surface area contributed by atoms with Crippen LogP contribution in [0.3, 0.4) is 0 Å². The topological polar surface area (TPSA) is 13.1 Å². The van der Waals surface area contributed by atoms with Gasteiger partial charge in [-0.3, -0.25) is 0 Å². The molecule has 10 rings (SSSR count). The third kappa shape index (κ3) is 3.97. The predicted octanol–water partition coefficient (Wildman–Crippen LogP) is 13.2. The van der Waals surface area contributed by atoms with Crippen molar-refractivity contribution >= 4 is 65.0 Å². The van der Waals surface area contributed by atoms with Gasteiger partial charge in [-0.25, -0.2) is 0 Å². The Morgan fingerprint density at radius 2 is 1.00 bits per heavy atom. The molecule has 0 amide bonds. The normalized spacial score (nSPS) is 15.4. The molecule has 1 heteroatoms. The van der Waals surface area contributed by atoms with E-state index >= 15 is 0 Å². The summed E-state index contributed by atoms with van der Waals surface area (Å²) in [7, 11) is 0. The first kappa shape index (κ1) is 16.9. The van der Waals surface area contributed by atoms with E-state index in [-0.39, 0.29) is 52.1 Å². The van der Waals surface area contributed by atoms with E-state index in [0.717, 1.165) is 32.7 Å². The summed E-state index contributed by atoms with van der Waals surface area (Å²) in [6.45, 7) is 0. The second kappa shape index (κ2) is 10.2. The zero-order chi connectivity index (χ0) is 41.3. The fourth-order valence-electron chi connectivity index (χ4n) is 6.96. The molecule has 0 radical (unpaired) electrons. The molecule has 0 bridgehead atoms. The Kier molecular flexibility index (Phi) is 3.66. The molecular formula is C46H28O. The van der Waals surface area contributed by atoms with Crippen LogP contribution in [0.15, 0.2) is 174 Å². The molecular weight excluding hydrogens is 569 g/mol. The van der Waals surface area contributed by atoms with Gasteiger partial charge in [-0.2, -0.15) is 0 Å². The van der Waals surface area contributed by atoms with Gasteiger partial charge in [0, 0.05) is 16.2 Å². The maximum Gasteiger partial charge on any atom is 0.143 e. The Morgan fingerprint density at radius 3 is 1.70 bits per heavy atom. The summed E-state index contributed by atoms with van der Waals surface area (Å²) < 4.78 is 111. The summed E-state index contributed by atoms with van der Waals surface area (Å²) in [5, 5.41) is 5.44. The SMILES string of the molecule is [2H]c1c([2H])c([2H])c(-c2cc3c4cc(-c5c6ccccc6c(-c6c([2H])c([2H])c7c([2H])c([2H])c([2H])c([2H])c7c6[2H])c6ccccc56)ccc4oc3c3ccccc23)c([2H])c1[2H]. The minimum absolute atomic E-state index is 0.0924. The van der Waals surface area contributed by atoms with Crippen molar-refractivity contribution < 1.29 is 20.9 Å². The lowest BCUT2D eigenvalue weighted by Crippen LogP contribution is -1.91. The van der Waals surface area contributed by atoms with Gasteiger partial charge >= 0.3 is 0 Å². The largest absolute Gasteiger partial charge is 0.455 e. The zero-order valence-electron chi connectivity index (χ0n) is 36.6. The van der Waals surface area contributed by atoms with E-state index in [1.807, 2.05) is 97.1 Å². The van der Waals surface area contributed by atoms with Gasteiger partial charge < -0.3 is 4.42 Å². The summed E-state index contributed by atoms with van der Waals surface area (Å²) in [6.07, 6.45) is 0. The van der Waals surface area contributed by atoms with E-state index < -0.39 is 42.3 Å². The lowest BCUT2D eigenvalue weighted by molar-refractivity contribution is 0.673. The van der Waals surface area contributed by atoms with Crippen molar-refractivity contribution in [2.24, 2.45) is 0 Å². The van der Waals surface area contributed by atoms with Crippen molar-refractivity contribution in [1.82, 2.24) is 0 Å². The average Bonchev–Trinajstić information content (AvgIpc) is 3.62. The molecule has 1 aromatic heterocycles. The number of hydrogen-bond donors (Lipinski definition) is 0. The van der Waals surface area contributed by atoms with Crippen LogP contribution in [0.4, 0.5) is 0 Å². The molecule has 0 N–H and O–H groups in total. The zero-order valence-corrected chi connectivity index (χ0v) is 24.6. The molecule has 1 nitrogen and oxygen atoms in total. The highest BCUT2D eigenvalue weighted by Crippen LogP contribution is 2.46. The molecule has 0 fully saturated rings. The van der Waals surface area contributed by atoms with E-state index in [1.165, 1.54) is 0 Å². The van der Waals surface area contributed by atoms with Crippen molar-refractivity contribution in [2.75, 3.05) is 0 Å². The van der Waals surface area contributed by atoms with Crippen LogP contribution in [-0.2, 0) is 0 Å². The number of benzene rings is 9. The molecule has 9 aromatic carbocycles. The molecule has 0 atom stereocenters. The Hall–Kier alpha value is -6.18. The van der Waals surface area contributed by atoms with Gasteiger partial charge in [0.1, 0.15) is 11.2 Å². The summed E-state index contributed by atoms with van der Waals surface area (Å²) in [4.78, 5) is 0. The van der Waals surface area contributed by atoms with Gasteiger partial charge in [0.25, 0.3) is 0 Å². The van der Waals surface area contributed by atoms with Crippen molar-refractivity contribution in [3.63, 3.8) is 0 Å². The fraction of sp³-hybridized carbons (Fsp3) is 0. The standard InChI is InChI=1S/C46H28O/c1-2-13-30(14-3-1)40-28-42-41-27-33(24-25-43(41)47-46(42)39-21-11-6-16-34(39)40)45-37-19-9-7-17-35(37)44(36-18-8-10-20-38(36)45)32-23-22-29-12-4-5-15-31(29)26-32/h1-28H/i1D,2D,3D,4D,5D,12D,13D,14D,15D,22D,23D,26D. The van der Waals surface area contributed by atoms with Gasteiger partial charge in [-0.15, -0.1) is 0 Å². The molecule has 1 heterocycles. The molecule has 47 heavy (non-hydrogen) atoms. The molecule has 0 saturated carbocycles. The minimum Gasteiger partial charge on any atom is -0.455 e. The lowest BCUT2D eigenvalue weighted by atomic mass is 9.85. The van der Waals surface area contributed by atoms with Gasteiger partial charge in [0.15, 0.2) is 0 Å². The molecule has 0 aliphatic rings. The predicted molar refractivity (Wildman–Crippen MR) is 200 cm³/mol. The quantitative estimate of drug-likeness (QED) is 0.182.